The van der Waals surface area contributed by atoms with Crippen LogP contribution in [0.2, 0.25) is 0 Å². The average molecular weight is 452 g/mol. The van der Waals surface area contributed by atoms with Crippen LogP contribution in [0.5, 0.6) is 0 Å². The number of aliphatic hydroxyl groups is 2. The molecule has 8 heteroatoms. The molecule has 0 bridgehead atoms. The van der Waals surface area contributed by atoms with Gasteiger partial charge in [0.2, 0.25) is 11.6 Å². The van der Waals surface area contributed by atoms with Gasteiger partial charge in [-0.15, -0.1) is 0 Å². The zero-order chi connectivity index (χ0) is 23.9. The van der Waals surface area contributed by atoms with Crippen molar-refractivity contribution >= 4 is 17.5 Å². The molecule has 0 aromatic rings. The Labute approximate surface area is 185 Å². The van der Waals surface area contributed by atoms with E-state index >= 15 is 4.39 Å². The number of allylic oxidation sites excluding steroid dienone is 4. The van der Waals surface area contributed by atoms with Gasteiger partial charge >= 0.3 is 5.97 Å². The Morgan fingerprint density at radius 1 is 1.28 bits per heavy atom. The molecule has 6 nitrogen and oxygen atoms in total. The van der Waals surface area contributed by atoms with E-state index in [-0.39, 0.29) is 24.8 Å². The lowest BCUT2D eigenvalue weighted by Gasteiger charge is -2.62. The number of carbonyl (C=O) groups excluding carboxylic acids is 3. The molecule has 0 saturated heterocycles. The van der Waals surface area contributed by atoms with Crippen LogP contribution in [-0.4, -0.2) is 51.7 Å². The SMILES string of the molecule is CC(=O)OCC(=O)[C@@]1(O)C(C)C[C@H]2[C@@H]3CCC4=C(F)C(=O)C=C[C@]4(C)[C@@]3(F)C(O)C[C@@]21C. The van der Waals surface area contributed by atoms with Crippen LogP contribution in [0.3, 0.4) is 0 Å². The zero-order valence-electron chi connectivity index (χ0n) is 18.8. The number of esters is 1. The van der Waals surface area contributed by atoms with Crippen molar-refractivity contribution in [2.45, 2.75) is 70.8 Å². The van der Waals surface area contributed by atoms with Gasteiger partial charge in [-0.1, -0.05) is 19.9 Å². The molecule has 8 atom stereocenters. The van der Waals surface area contributed by atoms with Crippen molar-refractivity contribution in [1.29, 1.82) is 0 Å². The van der Waals surface area contributed by atoms with E-state index in [1.165, 1.54) is 13.0 Å². The summed E-state index contributed by atoms with van der Waals surface area (Å²) in [5, 5.41) is 22.9. The first-order valence-corrected chi connectivity index (χ1v) is 11.1. The summed E-state index contributed by atoms with van der Waals surface area (Å²) in [4.78, 5) is 36.1. The summed E-state index contributed by atoms with van der Waals surface area (Å²) in [5.74, 6) is -4.85. The fourth-order valence-electron chi connectivity index (χ4n) is 7.50. The van der Waals surface area contributed by atoms with E-state index in [4.69, 9.17) is 4.74 Å². The average Bonchev–Trinajstić information content (AvgIpc) is 2.92. The van der Waals surface area contributed by atoms with Gasteiger partial charge in [-0.25, -0.2) is 8.78 Å². The van der Waals surface area contributed by atoms with E-state index in [9.17, 15) is 29.0 Å². The number of aliphatic hydroxyl groups excluding tert-OH is 1. The molecular weight excluding hydrogens is 422 g/mol. The maximum absolute atomic E-state index is 17.0. The standard InChI is InChI=1S/C24H30F2O6/c1-12-9-16-14-5-6-15-20(25)17(28)7-8-21(15,3)23(14,26)18(29)10-22(16,4)24(12,31)19(30)11-32-13(2)27/h7-8,12,14,16,18,29,31H,5-6,9-11H2,1-4H3/t12?,14-,16-,18?,21-,22-,23-,24-/m0/s1. The van der Waals surface area contributed by atoms with Crippen molar-refractivity contribution in [2.75, 3.05) is 6.61 Å². The number of hydrogen-bond donors (Lipinski definition) is 2. The van der Waals surface area contributed by atoms with Gasteiger partial charge in [0.25, 0.3) is 0 Å². The van der Waals surface area contributed by atoms with Crippen molar-refractivity contribution in [2.24, 2.45) is 28.6 Å². The second-order valence-corrected chi connectivity index (χ2v) is 10.5. The number of ketones is 2. The lowest BCUT2D eigenvalue weighted by Crippen LogP contribution is -2.69. The highest BCUT2D eigenvalue weighted by Crippen LogP contribution is 2.71. The Morgan fingerprint density at radius 2 is 1.94 bits per heavy atom. The van der Waals surface area contributed by atoms with Gasteiger partial charge in [0.1, 0.15) is 5.60 Å². The molecule has 2 unspecified atom stereocenters. The molecule has 3 saturated carbocycles. The highest BCUT2D eigenvalue weighted by Gasteiger charge is 2.75. The van der Waals surface area contributed by atoms with E-state index in [0.717, 1.165) is 13.0 Å². The third-order valence-electron chi connectivity index (χ3n) is 9.15. The maximum Gasteiger partial charge on any atom is 0.303 e. The first kappa shape index (κ1) is 23.2. The van der Waals surface area contributed by atoms with Crippen LogP contribution < -0.4 is 0 Å². The lowest BCUT2D eigenvalue weighted by atomic mass is 9.44. The third kappa shape index (κ3) is 2.59. The van der Waals surface area contributed by atoms with Crippen molar-refractivity contribution in [1.82, 2.24) is 0 Å². The number of halogens is 2. The van der Waals surface area contributed by atoms with Gasteiger partial charge in [0.15, 0.2) is 18.1 Å². The molecule has 0 aromatic heterocycles. The molecule has 4 aliphatic rings. The zero-order valence-corrected chi connectivity index (χ0v) is 18.8. The van der Waals surface area contributed by atoms with E-state index in [0.29, 0.717) is 6.42 Å². The molecule has 0 aromatic carbocycles. The fraction of sp³-hybridized carbons (Fsp3) is 0.708. The number of hydrogen-bond acceptors (Lipinski definition) is 6. The Morgan fingerprint density at radius 3 is 2.56 bits per heavy atom. The van der Waals surface area contributed by atoms with Crippen molar-refractivity contribution in [3.8, 4) is 0 Å². The second kappa shape index (κ2) is 7.03. The molecule has 0 spiro atoms. The molecule has 3 fully saturated rings. The van der Waals surface area contributed by atoms with Crippen LogP contribution in [0.15, 0.2) is 23.6 Å². The van der Waals surface area contributed by atoms with Crippen LogP contribution in [0.4, 0.5) is 8.78 Å². The summed E-state index contributed by atoms with van der Waals surface area (Å²) in [6, 6.07) is 0. The topological polar surface area (TPSA) is 101 Å². The Bertz CT molecular complexity index is 958. The van der Waals surface area contributed by atoms with Crippen molar-refractivity contribution < 1.29 is 38.1 Å². The van der Waals surface area contributed by atoms with Gasteiger partial charge in [0, 0.05) is 23.7 Å². The molecular formula is C24H30F2O6. The first-order chi connectivity index (χ1) is 14.7. The van der Waals surface area contributed by atoms with E-state index in [1.54, 1.807) is 13.8 Å². The summed E-state index contributed by atoms with van der Waals surface area (Å²) < 4.78 is 36.6. The summed E-state index contributed by atoms with van der Waals surface area (Å²) in [6.45, 7) is 5.47. The molecule has 176 valence electrons. The number of Topliss-reactive ketones (excluding diaryl/α,β-unsaturated/α-hetero) is 1. The Kier molecular flexibility index (Phi) is 5.11. The Balaban J connectivity index is 1.78. The predicted octanol–water partition coefficient (Wildman–Crippen LogP) is 2.76. The van der Waals surface area contributed by atoms with Crippen LogP contribution in [0, 0.1) is 28.6 Å². The minimum atomic E-state index is -2.26. The molecule has 32 heavy (non-hydrogen) atoms. The van der Waals surface area contributed by atoms with Gasteiger partial charge < -0.3 is 14.9 Å². The van der Waals surface area contributed by atoms with E-state index < -0.39 is 75.9 Å². The van der Waals surface area contributed by atoms with Crippen LogP contribution in [-0.2, 0) is 19.1 Å². The maximum atomic E-state index is 17.0. The van der Waals surface area contributed by atoms with Gasteiger partial charge in [-0.2, -0.15) is 0 Å². The largest absolute Gasteiger partial charge is 0.458 e. The molecule has 0 radical (unpaired) electrons. The first-order valence-electron chi connectivity index (χ1n) is 11.1. The van der Waals surface area contributed by atoms with E-state index in [2.05, 4.69) is 0 Å². The molecule has 0 amide bonds. The van der Waals surface area contributed by atoms with E-state index in [1.807, 2.05) is 0 Å². The summed E-state index contributed by atoms with van der Waals surface area (Å²) >= 11 is 0. The minimum absolute atomic E-state index is 0.0682. The molecule has 2 N–H and O–H groups in total. The lowest BCUT2D eigenvalue weighted by molar-refractivity contribution is -0.220. The minimum Gasteiger partial charge on any atom is -0.458 e. The number of fused-ring (bicyclic) bond motifs is 5. The second-order valence-electron chi connectivity index (χ2n) is 10.5. The number of alkyl halides is 1. The van der Waals surface area contributed by atoms with Gasteiger partial charge in [-0.05, 0) is 56.1 Å². The summed E-state index contributed by atoms with van der Waals surface area (Å²) in [5.41, 5.74) is -6.76. The summed E-state index contributed by atoms with van der Waals surface area (Å²) in [7, 11) is 0. The predicted molar refractivity (Wildman–Crippen MR) is 110 cm³/mol. The monoisotopic (exact) mass is 452 g/mol. The number of carbonyl (C=O) groups is 3. The Hall–Kier alpha value is -1.93. The van der Waals surface area contributed by atoms with Crippen LogP contribution in [0.25, 0.3) is 0 Å². The van der Waals surface area contributed by atoms with Gasteiger partial charge in [-0.3, -0.25) is 14.4 Å². The molecule has 0 aliphatic heterocycles. The molecule has 0 heterocycles. The summed E-state index contributed by atoms with van der Waals surface area (Å²) in [6.07, 6.45) is 1.25. The van der Waals surface area contributed by atoms with Crippen molar-refractivity contribution in [3.05, 3.63) is 23.6 Å². The van der Waals surface area contributed by atoms with Crippen LogP contribution >= 0.6 is 0 Å². The highest BCUT2D eigenvalue weighted by atomic mass is 19.1. The smallest absolute Gasteiger partial charge is 0.303 e. The number of rotatable bonds is 3. The highest BCUT2D eigenvalue weighted by molar-refractivity contribution is 6.04. The normalized spacial score (nSPS) is 47.6. The number of ether oxygens (including phenoxy) is 1. The molecule has 4 rings (SSSR count). The molecule has 4 aliphatic carbocycles. The quantitative estimate of drug-likeness (QED) is 0.639. The van der Waals surface area contributed by atoms with Crippen molar-refractivity contribution in [3.63, 3.8) is 0 Å². The fourth-order valence-corrected chi connectivity index (χ4v) is 7.50. The van der Waals surface area contributed by atoms with Gasteiger partial charge in [0.05, 0.1) is 6.10 Å². The van der Waals surface area contributed by atoms with Crippen LogP contribution in [0.1, 0.15) is 53.4 Å². The third-order valence-corrected chi connectivity index (χ3v) is 9.15.